The van der Waals surface area contributed by atoms with Gasteiger partial charge in [-0.25, -0.2) is 8.78 Å². The molecule has 0 N–H and O–H groups in total. The van der Waals surface area contributed by atoms with E-state index in [1.54, 1.807) is 10.8 Å². The predicted molar refractivity (Wildman–Crippen MR) is 101 cm³/mol. The monoisotopic (exact) mass is 394 g/mol. The van der Waals surface area contributed by atoms with Crippen molar-refractivity contribution in [2.75, 3.05) is 11.4 Å². The van der Waals surface area contributed by atoms with Crippen LogP contribution in [0.15, 0.2) is 42.9 Å². The number of fused-ring (bicyclic) bond motifs is 2. The number of rotatable bonds is 3. The molecule has 0 spiro atoms. The van der Waals surface area contributed by atoms with Gasteiger partial charge in [0.15, 0.2) is 23.0 Å². The van der Waals surface area contributed by atoms with Gasteiger partial charge in [-0.15, -0.1) is 15.3 Å². The molecule has 1 aliphatic rings. The molecule has 0 bridgehead atoms. The molecule has 0 atom stereocenters. The lowest BCUT2D eigenvalue weighted by Gasteiger charge is -2.30. The number of pyridine rings is 1. The summed E-state index contributed by atoms with van der Waals surface area (Å²) in [4.78, 5) is 6.59. The first-order chi connectivity index (χ1) is 14.1. The van der Waals surface area contributed by atoms with Crippen molar-refractivity contribution in [1.29, 1.82) is 0 Å². The van der Waals surface area contributed by atoms with Gasteiger partial charge in [0.25, 0.3) is 0 Å². The number of aryl methyl sites for hydroxylation is 1. The molecule has 0 amide bonds. The number of anilines is 1. The van der Waals surface area contributed by atoms with E-state index >= 15 is 0 Å². The Morgan fingerprint density at radius 1 is 1.14 bits per heavy atom. The summed E-state index contributed by atoms with van der Waals surface area (Å²) < 4.78 is 34.5. The SMILES string of the molecule is Cc1cc2nncn2nc1N1CCc2ncc(Oc3cc(F)ccc3F)cc2C1. The summed E-state index contributed by atoms with van der Waals surface area (Å²) in [6.07, 6.45) is 3.84. The molecule has 3 aromatic heterocycles. The van der Waals surface area contributed by atoms with Crippen molar-refractivity contribution in [3.63, 3.8) is 0 Å². The molecule has 4 heterocycles. The van der Waals surface area contributed by atoms with Crippen LogP contribution in [0.2, 0.25) is 0 Å². The van der Waals surface area contributed by atoms with Crippen LogP contribution in [0.3, 0.4) is 0 Å². The molecule has 0 saturated heterocycles. The lowest BCUT2D eigenvalue weighted by Crippen LogP contribution is -2.32. The third-order valence-corrected chi connectivity index (χ3v) is 4.89. The molecular weight excluding hydrogens is 378 g/mol. The summed E-state index contributed by atoms with van der Waals surface area (Å²) in [6, 6.07) is 6.85. The average Bonchev–Trinajstić information content (AvgIpc) is 3.17. The molecule has 9 heteroatoms. The normalized spacial score (nSPS) is 13.6. The van der Waals surface area contributed by atoms with Gasteiger partial charge in [-0.05, 0) is 42.3 Å². The van der Waals surface area contributed by atoms with Crippen LogP contribution in [0.5, 0.6) is 11.5 Å². The summed E-state index contributed by atoms with van der Waals surface area (Å²) in [5, 5.41) is 12.5. The highest BCUT2D eigenvalue weighted by atomic mass is 19.1. The smallest absolute Gasteiger partial charge is 0.177 e. The average molecular weight is 394 g/mol. The van der Waals surface area contributed by atoms with Gasteiger partial charge in [-0.3, -0.25) is 4.98 Å². The van der Waals surface area contributed by atoms with E-state index in [9.17, 15) is 8.78 Å². The van der Waals surface area contributed by atoms with Crippen molar-refractivity contribution in [3.8, 4) is 11.5 Å². The number of aromatic nitrogens is 5. The van der Waals surface area contributed by atoms with Crippen LogP contribution in [-0.2, 0) is 13.0 Å². The zero-order valence-electron chi connectivity index (χ0n) is 15.5. The van der Waals surface area contributed by atoms with Gasteiger partial charge in [0.1, 0.15) is 17.9 Å². The Balaban J connectivity index is 1.44. The number of benzene rings is 1. The zero-order chi connectivity index (χ0) is 20.0. The van der Waals surface area contributed by atoms with E-state index in [1.807, 2.05) is 19.1 Å². The van der Waals surface area contributed by atoms with Crippen LogP contribution in [0.1, 0.15) is 16.8 Å². The van der Waals surface area contributed by atoms with Gasteiger partial charge in [-0.1, -0.05) is 0 Å². The first kappa shape index (κ1) is 17.5. The summed E-state index contributed by atoms with van der Waals surface area (Å²) in [5.41, 5.74) is 3.60. The lowest BCUT2D eigenvalue weighted by atomic mass is 10.1. The van der Waals surface area contributed by atoms with Gasteiger partial charge in [0.2, 0.25) is 0 Å². The molecule has 146 valence electrons. The first-order valence-electron chi connectivity index (χ1n) is 9.10. The van der Waals surface area contributed by atoms with Crippen molar-refractivity contribution in [1.82, 2.24) is 24.8 Å². The Kier molecular flexibility index (Phi) is 4.08. The first-order valence-corrected chi connectivity index (χ1v) is 9.10. The fourth-order valence-corrected chi connectivity index (χ4v) is 3.49. The van der Waals surface area contributed by atoms with Crippen molar-refractivity contribution >= 4 is 11.5 Å². The third-order valence-electron chi connectivity index (χ3n) is 4.89. The minimum absolute atomic E-state index is 0.171. The fraction of sp³-hybridized carbons (Fsp3) is 0.200. The molecule has 0 radical (unpaired) electrons. The molecular formula is C20H16F2N6O. The largest absolute Gasteiger partial charge is 0.453 e. The van der Waals surface area contributed by atoms with E-state index in [2.05, 4.69) is 25.2 Å². The Bertz CT molecular complexity index is 1230. The fourth-order valence-electron chi connectivity index (χ4n) is 3.49. The second-order valence-electron chi connectivity index (χ2n) is 6.91. The van der Waals surface area contributed by atoms with Crippen LogP contribution in [0, 0.1) is 18.6 Å². The molecule has 29 heavy (non-hydrogen) atoms. The van der Waals surface area contributed by atoms with Crippen LogP contribution in [0.25, 0.3) is 5.65 Å². The van der Waals surface area contributed by atoms with E-state index in [0.29, 0.717) is 17.9 Å². The van der Waals surface area contributed by atoms with Crippen molar-refractivity contribution in [2.24, 2.45) is 0 Å². The topological polar surface area (TPSA) is 68.4 Å². The van der Waals surface area contributed by atoms with Crippen molar-refractivity contribution in [3.05, 3.63) is 71.3 Å². The van der Waals surface area contributed by atoms with Gasteiger partial charge >= 0.3 is 0 Å². The van der Waals surface area contributed by atoms with Gasteiger partial charge in [-0.2, -0.15) is 4.52 Å². The number of halogens is 2. The lowest BCUT2D eigenvalue weighted by molar-refractivity contribution is 0.433. The van der Waals surface area contributed by atoms with Gasteiger partial charge < -0.3 is 9.64 Å². The van der Waals surface area contributed by atoms with Crippen LogP contribution >= 0.6 is 0 Å². The number of nitrogens with zero attached hydrogens (tertiary/aromatic N) is 6. The van der Waals surface area contributed by atoms with Crippen LogP contribution < -0.4 is 9.64 Å². The molecule has 4 aromatic rings. The Labute approximate surface area is 164 Å². The van der Waals surface area contributed by atoms with E-state index in [0.717, 1.165) is 53.8 Å². The molecule has 0 fully saturated rings. The highest BCUT2D eigenvalue weighted by Gasteiger charge is 2.22. The van der Waals surface area contributed by atoms with Crippen molar-refractivity contribution in [2.45, 2.75) is 19.9 Å². The minimum atomic E-state index is -0.632. The van der Waals surface area contributed by atoms with Gasteiger partial charge in [0.05, 0.1) is 6.20 Å². The van der Waals surface area contributed by atoms with E-state index in [-0.39, 0.29) is 5.75 Å². The number of hydrogen-bond donors (Lipinski definition) is 0. The number of ether oxygens (including phenoxy) is 1. The summed E-state index contributed by atoms with van der Waals surface area (Å²) in [6.45, 7) is 3.32. The third kappa shape index (κ3) is 3.24. The molecule has 0 unspecified atom stereocenters. The Morgan fingerprint density at radius 2 is 2.03 bits per heavy atom. The second-order valence-corrected chi connectivity index (χ2v) is 6.91. The summed E-state index contributed by atoms with van der Waals surface area (Å²) in [7, 11) is 0. The molecule has 1 aliphatic heterocycles. The van der Waals surface area contributed by atoms with Gasteiger partial charge in [0, 0.05) is 31.3 Å². The maximum absolute atomic E-state index is 13.9. The summed E-state index contributed by atoms with van der Waals surface area (Å²) in [5.74, 6) is -0.174. The van der Waals surface area contributed by atoms with Crippen LogP contribution in [-0.4, -0.2) is 31.3 Å². The molecule has 0 aliphatic carbocycles. The molecule has 5 rings (SSSR count). The highest BCUT2D eigenvalue weighted by Crippen LogP contribution is 2.30. The summed E-state index contributed by atoms with van der Waals surface area (Å²) >= 11 is 0. The second kappa shape index (κ2) is 6.77. The van der Waals surface area contributed by atoms with E-state index in [1.165, 1.54) is 6.20 Å². The van der Waals surface area contributed by atoms with Crippen LogP contribution in [0.4, 0.5) is 14.6 Å². The molecule has 7 nitrogen and oxygen atoms in total. The predicted octanol–water partition coefficient (Wildman–Crippen LogP) is 3.46. The minimum Gasteiger partial charge on any atom is -0.453 e. The molecule has 0 saturated carbocycles. The Morgan fingerprint density at radius 3 is 2.93 bits per heavy atom. The maximum atomic E-state index is 13.9. The van der Waals surface area contributed by atoms with E-state index in [4.69, 9.17) is 4.74 Å². The standard InChI is InChI=1S/C20H16F2N6O/c1-12-6-19-25-24-11-28(19)26-20(12)27-5-4-17-13(10-27)7-15(9-23-17)29-18-8-14(21)2-3-16(18)22/h2-3,6-9,11H,4-5,10H2,1H3. The Hall–Kier alpha value is -3.62. The maximum Gasteiger partial charge on any atom is 0.177 e. The van der Waals surface area contributed by atoms with E-state index < -0.39 is 11.6 Å². The molecule has 1 aromatic carbocycles. The zero-order valence-corrected chi connectivity index (χ0v) is 15.5. The highest BCUT2D eigenvalue weighted by molar-refractivity contribution is 5.53. The quantitative estimate of drug-likeness (QED) is 0.530. The van der Waals surface area contributed by atoms with Crippen molar-refractivity contribution < 1.29 is 13.5 Å². The number of hydrogen-bond acceptors (Lipinski definition) is 6.